The third kappa shape index (κ3) is 2.18. The Bertz CT molecular complexity index is 535. The van der Waals surface area contributed by atoms with Crippen LogP contribution in [0, 0.1) is 5.82 Å². The van der Waals surface area contributed by atoms with Crippen molar-refractivity contribution in [2.45, 2.75) is 31.8 Å². The van der Waals surface area contributed by atoms with Crippen molar-refractivity contribution in [3.8, 4) is 0 Å². The van der Waals surface area contributed by atoms with Crippen LogP contribution in [0.3, 0.4) is 0 Å². The minimum Gasteiger partial charge on any atom is -0.469 e. The monoisotopic (exact) mass is 245 g/mol. The number of halogens is 1. The molecule has 18 heavy (non-hydrogen) atoms. The Labute approximate surface area is 106 Å². The molecule has 0 amide bonds. The van der Waals surface area contributed by atoms with Crippen LogP contribution >= 0.6 is 0 Å². The molecule has 0 bridgehead atoms. The lowest BCUT2D eigenvalue weighted by Gasteiger charge is -2.23. The summed E-state index contributed by atoms with van der Waals surface area (Å²) in [4.78, 5) is 0. The minimum atomic E-state index is -0.145. The van der Waals surface area contributed by atoms with Crippen LogP contribution in [0.5, 0.6) is 0 Å². The third-order valence-electron chi connectivity index (χ3n) is 3.55. The highest BCUT2D eigenvalue weighted by Crippen LogP contribution is 2.30. The van der Waals surface area contributed by atoms with Gasteiger partial charge < -0.3 is 9.73 Å². The summed E-state index contributed by atoms with van der Waals surface area (Å²) in [6, 6.07) is 9.21. The Hall–Kier alpha value is -1.61. The summed E-state index contributed by atoms with van der Waals surface area (Å²) in [5, 5.41) is 3.42. The Morgan fingerprint density at radius 3 is 3.06 bits per heavy atom. The summed E-state index contributed by atoms with van der Waals surface area (Å²) in [6.45, 7) is 0.557. The van der Waals surface area contributed by atoms with E-state index in [-0.39, 0.29) is 11.9 Å². The van der Waals surface area contributed by atoms with Gasteiger partial charge in [-0.2, -0.15) is 0 Å². The van der Waals surface area contributed by atoms with E-state index in [1.165, 1.54) is 11.6 Å². The molecule has 0 spiro atoms. The molecular formula is C15H16FNO. The van der Waals surface area contributed by atoms with Crippen LogP contribution < -0.4 is 5.32 Å². The molecule has 0 fully saturated rings. The fourth-order valence-corrected chi connectivity index (χ4v) is 2.57. The first kappa shape index (κ1) is 11.5. The van der Waals surface area contributed by atoms with Crippen molar-refractivity contribution in [2.75, 3.05) is 0 Å². The Morgan fingerprint density at radius 2 is 2.17 bits per heavy atom. The van der Waals surface area contributed by atoms with Gasteiger partial charge in [0.05, 0.1) is 6.26 Å². The lowest BCUT2D eigenvalue weighted by Crippen LogP contribution is -2.24. The molecule has 0 saturated heterocycles. The average molecular weight is 245 g/mol. The van der Waals surface area contributed by atoms with Gasteiger partial charge in [-0.3, -0.25) is 0 Å². The van der Waals surface area contributed by atoms with Crippen LogP contribution in [0.4, 0.5) is 4.39 Å². The molecule has 94 valence electrons. The molecule has 1 heterocycles. The number of rotatable bonds is 3. The first-order valence-electron chi connectivity index (χ1n) is 6.37. The molecule has 1 aliphatic rings. The fourth-order valence-electron chi connectivity index (χ4n) is 2.57. The highest BCUT2D eigenvalue weighted by Gasteiger charge is 2.22. The summed E-state index contributed by atoms with van der Waals surface area (Å²) in [5.41, 5.74) is 1.95. The predicted octanol–water partition coefficient (Wildman–Crippen LogP) is 3.59. The lowest BCUT2D eigenvalue weighted by atomic mass is 9.93. The van der Waals surface area contributed by atoms with Gasteiger partial charge in [0.15, 0.2) is 0 Å². The van der Waals surface area contributed by atoms with E-state index in [2.05, 4.69) is 5.32 Å². The molecule has 1 aromatic heterocycles. The van der Waals surface area contributed by atoms with Gasteiger partial charge in [-0.25, -0.2) is 4.39 Å². The van der Waals surface area contributed by atoms with E-state index in [4.69, 9.17) is 4.42 Å². The number of hydrogen-bond acceptors (Lipinski definition) is 2. The standard InChI is InChI=1S/C15H16FNO/c16-13-5-2-1-4-11(13)10-17-14-6-3-7-15-12(14)8-9-18-15/h1-2,4-5,8-9,14,17H,3,6-7,10H2. The molecule has 0 radical (unpaired) electrons. The number of fused-ring (bicyclic) bond motifs is 1. The lowest BCUT2D eigenvalue weighted by molar-refractivity contribution is 0.408. The normalized spacial score (nSPS) is 18.6. The predicted molar refractivity (Wildman–Crippen MR) is 67.6 cm³/mol. The second-order valence-corrected chi connectivity index (χ2v) is 4.72. The third-order valence-corrected chi connectivity index (χ3v) is 3.55. The van der Waals surface area contributed by atoms with Crippen LogP contribution in [0.2, 0.25) is 0 Å². The summed E-state index contributed by atoms with van der Waals surface area (Å²) in [7, 11) is 0. The van der Waals surface area contributed by atoms with E-state index in [9.17, 15) is 4.39 Å². The van der Waals surface area contributed by atoms with Crippen molar-refractivity contribution in [3.63, 3.8) is 0 Å². The van der Waals surface area contributed by atoms with Crippen molar-refractivity contribution < 1.29 is 8.81 Å². The van der Waals surface area contributed by atoms with Crippen LogP contribution in [0.1, 0.15) is 35.8 Å². The maximum absolute atomic E-state index is 13.5. The largest absolute Gasteiger partial charge is 0.469 e. The molecule has 1 unspecified atom stereocenters. The molecular weight excluding hydrogens is 229 g/mol. The van der Waals surface area contributed by atoms with E-state index in [0.717, 1.165) is 25.0 Å². The number of benzene rings is 1. The van der Waals surface area contributed by atoms with Gasteiger partial charge in [0.2, 0.25) is 0 Å². The molecule has 1 atom stereocenters. The van der Waals surface area contributed by atoms with Gasteiger partial charge in [0.25, 0.3) is 0 Å². The molecule has 3 rings (SSSR count). The summed E-state index contributed by atoms with van der Waals surface area (Å²) < 4.78 is 19.0. The van der Waals surface area contributed by atoms with Crippen LogP contribution in [-0.2, 0) is 13.0 Å². The second kappa shape index (κ2) is 4.94. The van der Waals surface area contributed by atoms with Gasteiger partial charge in [-0.1, -0.05) is 18.2 Å². The summed E-state index contributed by atoms with van der Waals surface area (Å²) >= 11 is 0. The SMILES string of the molecule is Fc1ccccc1CNC1CCCc2occc21. The van der Waals surface area contributed by atoms with E-state index in [1.807, 2.05) is 18.2 Å². The van der Waals surface area contributed by atoms with E-state index >= 15 is 0 Å². The fraction of sp³-hybridized carbons (Fsp3) is 0.333. The summed E-state index contributed by atoms with van der Waals surface area (Å²) in [5.74, 6) is 0.931. The van der Waals surface area contributed by atoms with Crippen LogP contribution in [0.25, 0.3) is 0 Å². The van der Waals surface area contributed by atoms with Gasteiger partial charge >= 0.3 is 0 Å². The van der Waals surface area contributed by atoms with Crippen molar-refractivity contribution in [2.24, 2.45) is 0 Å². The number of nitrogens with one attached hydrogen (secondary N) is 1. The molecule has 3 heteroatoms. The first-order chi connectivity index (χ1) is 8.84. The van der Waals surface area contributed by atoms with Crippen molar-refractivity contribution in [3.05, 3.63) is 59.3 Å². The number of hydrogen-bond donors (Lipinski definition) is 1. The quantitative estimate of drug-likeness (QED) is 0.894. The van der Waals surface area contributed by atoms with Gasteiger partial charge in [-0.15, -0.1) is 0 Å². The number of furan rings is 1. The number of aryl methyl sites for hydroxylation is 1. The van der Waals surface area contributed by atoms with E-state index in [0.29, 0.717) is 12.1 Å². The maximum Gasteiger partial charge on any atom is 0.127 e. The molecule has 1 aliphatic carbocycles. The molecule has 1 aromatic carbocycles. The minimum absolute atomic E-state index is 0.145. The van der Waals surface area contributed by atoms with E-state index < -0.39 is 0 Å². The Kier molecular flexibility index (Phi) is 3.15. The van der Waals surface area contributed by atoms with Crippen LogP contribution in [0.15, 0.2) is 41.0 Å². The zero-order chi connectivity index (χ0) is 12.4. The maximum atomic E-state index is 13.5. The van der Waals surface area contributed by atoms with Gasteiger partial charge in [0.1, 0.15) is 11.6 Å². The average Bonchev–Trinajstić information content (AvgIpc) is 2.86. The zero-order valence-electron chi connectivity index (χ0n) is 10.2. The van der Waals surface area contributed by atoms with Crippen molar-refractivity contribution >= 4 is 0 Å². The Morgan fingerprint density at radius 1 is 1.28 bits per heavy atom. The van der Waals surface area contributed by atoms with Crippen molar-refractivity contribution in [1.29, 1.82) is 0 Å². The summed E-state index contributed by atoms with van der Waals surface area (Å²) in [6.07, 6.45) is 4.96. The molecule has 2 aromatic rings. The second-order valence-electron chi connectivity index (χ2n) is 4.72. The van der Waals surface area contributed by atoms with Crippen molar-refractivity contribution in [1.82, 2.24) is 5.32 Å². The van der Waals surface area contributed by atoms with Crippen LogP contribution in [-0.4, -0.2) is 0 Å². The molecule has 2 nitrogen and oxygen atoms in total. The zero-order valence-corrected chi connectivity index (χ0v) is 10.2. The molecule has 0 saturated carbocycles. The smallest absolute Gasteiger partial charge is 0.127 e. The van der Waals surface area contributed by atoms with Gasteiger partial charge in [-0.05, 0) is 25.0 Å². The van der Waals surface area contributed by atoms with E-state index in [1.54, 1.807) is 12.3 Å². The Balaban J connectivity index is 1.71. The van der Waals surface area contributed by atoms with Gasteiger partial charge in [0, 0.05) is 30.1 Å². The highest BCUT2D eigenvalue weighted by atomic mass is 19.1. The highest BCUT2D eigenvalue weighted by molar-refractivity contribution is 5.25. The molecule has 1 N–H and O–H groups in total. The topological polar surface area (TPSA) is 25.2 Å². The first-order valence-corrected chi connectivity index (χ1v) is 6.37. The molecule has 0 aliphatic heterocycles.